The van der Waals surface area contributed by atoms with Gasteiger partial charge in [0.05, 0.1) is 17.9 Å². The lowest BCUT2D eigenvalue weighted by Crippen LogP contribution is -2.47. The Bertz CT molecular complexity index is 1230. The maximum absolute atomic E-state index is 13.7. The molecule has 1 N–H and O–H groups in total. The number of fused-ring (bicyclic) bond motifs is 1. The summed E-state index contributed by atoms with van der Waals surface area (Å²) in [7, 11) is 1.57. The Kier molecular flexibility index (Phi) is 7.69. The lowest BCUT2D eigenvalue weighted by atomic mass is 10.00. The third-order valence-corrected chi connectivity index (χ3v) is 5.57. The van der Waals surface area contributed by atoms with Crippen LogP contribution in [-0.2, 0) is 17.7 Å². The monoisotopic (exact) mass is 478 g/mol. The molecule has 2 aromatic rings. The molecule has 35 heavy (non-hydrogen) atoms. The molecular weight excluding hydrogens is 444 g/mol. The Balaban J connectivity index is 2.10. The molecule has 2 amide bonds. The first-order chi connectivity index (χ1) is 16.4. The van der Waals surface area contributed by atoms with Crippen LogP contribution in [0.4, 0.5) is 4.79 Å². The summed E-state index contributed by atoms with van der Waals surface area (Å²) < 4.78 is 7.06. The fourth-order valence-electron chi connectivity index (χ4n) is 3.79. The zero-order valence-corrected chi connectivity index (χ0v) is 21.6. The molecule has 1 aliphatic heterocycles. The molecule has 0 bridgehead atoms. The smallest absolute Gasteiger partial charge is 0.410 e. The first-order valence-corrected chi connectivity index (χ1v) is 11.9. The van der Waals surface area contributed by atoms with Gasteiger partial charge in [-0.1, -0.05) is 19.8 Å². The SMILES string of the molecule is CNC(=O)c1ccc(-n2c(C#CCC(C)C)nc3c(c2=O)C[C@@H](C)N(C(=O)OC(C)(C)C)C3)cc1. The maximum atomic E-state index is 13.7. The van der Waals surface area contributed by atoms with Gasteiger partial charge in [0.25, 0.3) is 11.5 Å². The number of rotatable bonds is 3. The van der Waals surface area contributed by atoms with Crippen molar-refractivity contribution in [3.63, 3.8) is 0 Å². The van der Waals surface area contributed by atoms with Crippen LogP contribution >= 0.6 is 0 Å². The minimum atomic E-state index is -0.623. The fourth-order valence-corrected chi connectivity index (χ4v) is 3.79. The fraction of sp³-hybridized carbons (Fsp3) is 0.481. The predicted molar refractivity (Wildman–Crippen MR) is 135 cm³/mol. The first-order valence-electron chi connectivity index (χ1n) is 11.9. The number of amides is 2. The molecule has 0 aliphatic carbocycles. The van der Waals surface area contributed by atoms with Crippen molar-refractivity contribution in [2.24, 2.45) is 5.92 Å². The van der Waals surface area contributed by atoms with Crippen LogP contribution in [0.5, 0.6) is 0 Å². The van der Waals surface area contributed by atoms with Crippen LogP contribution in [-0.4, -0.2) is 45.1 Å². The van der Waals surface area contributed by atoms with Crippen LogP contribution in [0.2, 0.25) is 0 Å². The van der Waals surface area contributed by atoms with Gasteiger partial charge in [-0.25, -0.2) is 9.78 Å². The molecule has 0 fully saturated rings. The second kappa shape index (κ2) is 10.3. The van der Waals surface area contributed by atoms with E-state index in [0.29, 0.717) is 47.1 Å². The van der Waals surface area contributed by atoms with Crippen molar-refractivity contribution in [2.75, 3.05) is 7.05 Å². The molecule has 1 aliphatic rings. The molecule has 1 aromatic carbocycles. The number of nitrogens with zero attached hydrogens (tertiary/aromatic N) is 3. The highest BCUT2D eigenvalue weighted by molar-refractivity contribution is 5.94. The predicted octanol–water partition coefficient (Wildman–Crippen LogP) is 3.67. The van der Waals surface area contributed by atoms with Crippen LogP contribution in [0.1, 0.15) is 75.4 Å². The minimum Gasteiger partial charge on any atom is -0.444 e. The molecule has 2 heterocycles. The maximum Gasteiger partial charge on any atom is 0.410 e. The number of carbonyl (C=O) groups excluding carboxylic acids is 2. The molecular formula is C27H34N4O4. The van der Waals surface area contributed by atoms with Gasteiger partial charge in [0.1, 0.15) is 5.60 Å². The molecule has 8 nitrogen and oxygen atoms in total. The molecule has 3 rings (SSSR count). The molecule has 0 saturated carbocycles. The summed E-state index contributed by atoms with van der Waals surface area (Å²) in [6.07, 6.45) is 0.582. The van der Waals surface area contributed by atoms with Crippen LogP contribution < -0.4 is 10.9 Å². The Labute approximate surface area is 206 Å². The molecule has 1 aromatic heterocycles. The van der Waals surface area contributed by atoms with E-state index in [4.69, 9.17) is 9.72 Å². The Hall–Kier alpha value is -3.60. The third-order valence-electron chi connectivity index (χ3n) is 5.57. The zero-order chi connectivity index (χ0) is 25.9. The summed E-state index contributed by atoms with van der Waals surface area (Å²) in [5.41, 5.74) is 1.32. The van der Waals surface area contributed by atoms with Crippen LogP contribution in [0.25, 0.3) is 5.69 Å². The van der Waals surface area contributed by atoms with Crippen LogP contribution in [0, 0.1) is 17.8 Å². The summed E-state index contributed by atoms with van der Waals surface area (Å²) >= 11 is 0. The summed E-state index contributed by atoms with van der Waals surface area (Å²) in [6, 6.07) is 6.53. The average Bonchev–Trinajstić information content (AvgIpc) is 2.77. The third kappa shape index (κ3) is 6.10. The summed E-state index contributed by atoms with van der Waals surface area (Å²) in [6.45, 7) is 11.7. The van der Waals surface area contributed by atoms with E-state index in [1.807, 2.05) is 27.7 Å². The van der Waals surface area contributed by atoms with Crippen molar-refractivity contribution >= 4 is 12.0 Å². The van der Waals surface area contributed by atoms with E-state index in [0.717, 1.165) is 0 Å². The van der Waals surface area contributed by atoms with Crippen LogP contribution in [0.3, 0.4) is 0 Å². The first kappa shape index (κ1) is 26.0. The van der Waals surface area contributed by atoms with E-state index in [-0.39, 0.29) is 24.1 Å². The minimum absolute atomic E-state index is 0.177. The number of aromatic nitrogens is 2. The normalized spacial score (nSPS) is 15.2. The van der Waals surface area contributed by atoms with Gasteiger partial charge >= 0.3 is 6.09 Å². The van der Waals surface area contributed by atoms with Gasteiger partial charge in [-0.05, 0) is 63.8 Å². The standard InChI is InChI=1S/C27H34N4O4/c1-17(2)9-8-10-23-29-22-16-30(26(34)35-27(4,5)6)18(3)15-21(22)25(33)31(23)20-13-11-19(12-14-20)24(32)28-7/h11-14,17-18H,9,15-16H2,1-7H3,(H,28,32)/t18-/m1/s1. The highest BCUT2D eigenvalue weighted by Crippen LogP contribution is 2.23. The average molecular weight is 479 g/mol. The number of ether oxygens (including phenoxy) is 1. The quantitative estimate of drug-likeness (QED) is 0.680. The highest BCUT2D eigenvalue weighted by atomic mass is 16.6. The highest BCUT2D eigenvalue weighted by Gasteiger charge is 2.33. The van der Waals surface area contributed by atoms with E-state index in [9.17, 15) is 14.4 Å². The molecule has 0 radical (unpaired) electrons. The summed E-state index contributed by atoms with van der Waals surface area (Å²) in [5.74, 6) is 6.65. The molecule has 0 unspecified atom stereocenters. The molecule has 0 saturated heterocycles. The topological polar surface area (TPSA) is 93.5 Å². The zero-order valence-electron chi connectivity index (χ0n) is 21.6. The van der Waals surface area contributed by atoms with Gasteiger partial charge in [-0.15, -0.1) is 0 Å². The Morgan fingerprint density at radius 3 is 2.46 bits per heavy atom. The van der Waals surface area contributed by atoms with E-state index >= 15 is 0 Å². The van der Waals surface area contributed by atoms with Crippen LogP contribution in [0.15, 0.2) is 29.1 Å². The Morgan fingerprint density at radius 2 is 1.89 bits per heavy atom. The van der Waals surface area contributed by atoms with Gasteiger partial charge < -0.3 is 10.1 Å². The second-order valence-electron chi connectivity index (χ2n) is 10.2. The molecule has 0 spiro atoms. The lowest BCUT2D eigenvalue weighted by molar-refractivity contribution is 0.0133. The van der Waals surface area contributed by atoms with Crippen molar-refractivity contribution in [3.8, 4) is 17.5 Å². The van der Waals surface area contributed by atoms with Gasteiger partial charge in [-0.3, -0.25) is 19.1 Å². The van der Waals surface area contributed by atoms with Gasteiger partial charge in [0, 0.05) is 37.1 Å². The number of hydrogen-bond donors (Lipinski definition) is 1. The van der Waals surface area contributed by atoms with Crippen molar-refractivity contribution < 1.29 is 14.3 Å². The summed E-state index contributed by atoms with van der Waals surface area (Å²) in [4.78, 5) is 44.8. The van der Waals surface area contributed by atoms with Crippen molar-refractivity contribution in [1.29, 1.82) is 0 Å². The largest absolute Gasteiger partial charge is 0.444 e. The van der Waals surface area contributed by atoms with E-state index in [2.05, 4.69) is 31.0 Å². The van der Waals surface area contributed by atoms with Gasteiger partial charge in [0.15, 0.2) is 5.82 Å². The second-order valence-corrected chi connectivity index (χ2v) is 10.2. The van der Waals surface area contributed by atoms with Crippen molar-refractivity contribution in [2.45, 2.75) is 72.6 Å². The Morgan fingerprint density at radius 1 is 1.23 bits per heavy atom. The molecule has 1 atom stereocenters. The van der Waals surface area contributed by atoms with Crippen molar-refractivity contribution in [3.05, 3.63) is 57.3 Å². The molecule has 186 valence electrons. The molecule has 8 heteroatoms. The lowest BCUT2D eigenvalue weighted by Gasteiger charge is -2.35. The van der Waals surface area contributed by atoms with Gasteiger partial charge in [-0.2, -0.15) is 0 Å². The number of benzene rings is 1. The van der Waals surface area contributed by atoms with E-state index < -0.39 is 11.7 Å². The van der Waals surface area contributed by atoms with Crippen molar-refractivity contribution in [1.82, 2.24) is 19.8 Å². The number of hydrogen-bond acceptors (Lipinski definition) is 5. The van der Waals surface area contributed by atoms with Gasteiger partial charge in [0.2, 0.25) is 0 Å². The van der Waals surface area contributed by atoms with E-state index in [1.54, 1.807) is 36.2 Å². The summed E-state index contributed by atoms with van der Waals surface area (Å²) in [5, 5.41) is 2.59. The number of nitrogens with one attached hydrogen (secondary N) is 1. The number of carbonyl (C=O) groups is 2. The van der Waals surface area contributed by atoms with E-state index in [1.165, 1.54) is 4.57 Å².